The van der Waals surface area contributed by atoms with Crippen LogP contribution in [0.2, 0.25) is 0 Å². The van der Waals surface area contributed by atoms with Gasteiger partial charge in [-0.2, -0.15) is 0 Å². The van der Waals surface area contributed by atoms with Crippen LogP contribution in [0, 0.1) is 6.92 Å². The van der Waals surface area contributed by atoms with Crippen LogP contribution < -0.4 is 4.74 Å². The first-order valence-corrected chi connectivity index (χ1v) is 6.52. The van der Waals surface area contributed by atoms with E-state index in [9.17, 15) is 0 Å². The van der Waals surface area contributed by atoms with Gasteiger partial charge in [-0.1, -0.05) is 19.9 Å². The highest BCUT2D eigenvalue weighted by Gasteiger charge is 2.08. The molecule has 0 unspecified atom stereocenters. The number of hydrogen-bond acceptors (Lipinski definition) is 2. The van der Waals surface area contributed by atoms with E-state index in [1.165, 1.54) is 16.7 Å². The summed E-state index contributed by atoms with van der Waals surface area (Å²) in [6.07, 6.45) is 2.87. The molecule has 2 nitrogen and oxygen atoms in total. The van der Waals surface area contributed by atoms with Crippen molar-refractivity contribution in [2.45, 2.75) is 40.0 Å². The van der Waals surface area contributed by atoms with Crippen LogP contribution in [0.4, 0.5) is 0 Å². The largest absolute Gasteiger partial charge is 0.489 e. The first-order chi connectivity index (χ1) is 8.56. The minimum absolute atomic E-state index is 0.531. The van der Waals surface area contributed by atoms with Gasteiger partial charge in [0.1, 0.15) is 12.4 Å². The molecule has 0 fully saturated rings. The van der Waals surface area contributed by atoms with Gasteiger partial charge < -0.3 is 4.74 Å². The molecule has 0 atom stereocenters. The monoisotopic (exact) mass is 243 g/mol. The van der Waals surface area contributed by atoms with E-state index in [0.29, 0.717) is 12.5 Å². The van der Waals surface area contributed by atoms with Gasteiger partial charge in [0, 0.05) is 18.3 Å². The van der Waals surface area contributed by atoms with Gasteiger partial charge in [-0.05, 0) is 48.6 Å². The molecule has 0 aromatic heterocycles. The predicted molar refractivity (Wildman–Crippen MR) is 76.6 cm³/mol. The lowest BCUT2D eigenvalue weighted by Gasteiger charge is -2.12. The van der Waals surface area contributed by atoms with E-state index < -0.39 is 0 Å². The van der Waals surface area contributed by atoms with Crippen molar-refractivity contribution in [2.75, 3.05) is 6.61 Å². The Kier molecular flexibility index (Phi) is 3.85. The quantitative estimate of drug-likeness (QED) is 0.774. The molecule has 0 amide bonds. The van der Waals surface area contributed by atoms with E-state index in [1.807, 2.05) is 13.1 Å². The second kappa shape index (κ2) is 5.38. The zero-order chi connectivity index (χ0) is 13.1. The average molecular weight is 243 g/mol. The van der Waals surface area contributed by atoms with E-state index in [1.54, 1.807) is 0 Å². The molecule has 0 saturated heterocycles. The van der Waals surface area contributed by atoms with Crippen molar-refractivity contribution in [3.63, 3.8) is 0 Å². The van der Waals surface area contributed by atoms with Gasteiger partial charge in [0.05, 0.1) is 0 Å². The van der Waals surface area contributed by atoms with Crippen LogP contribution in [0.25, 0.3) is 0 Å². The molecular formula is C16H21NO. The molecule has 1 aromatic rings. The molecule has 0 bridgehead atoms. The standard InChI is InChI=1S/C16H21NO/c1-11(2)15-7-12(3)8-16(9-15)18-10-14-5-6-17-13(14)4/h6-9,11H,5,10H2,1-4H3. The summed E-state index contributed by atoms with van der Waals surface area (Å²) in [4.78, 5) is 4.27. The van der Waals surface area contributed by atoms with E-state index in [0.717, 1.165) is 17.9 Å². The van der Waals surface area contributed by atoms with Gasteiger partial charge in [0.15, 0.2) is 0 Å². The number of hydrogen-bond donors (Lipinski definition) is 0. The molecule has 1 aliphatic rings. The lowest BCUT2D eigenvalue weighted by molar-refractivity contribution is 0.349. The number of nitrogens with zero attached hydrogens (tertiary/aromatic N) is 1. The number of rotatable bonds is 4. The predicted octanol–water partition coefficient (Wildman–Crippen LogP) is 4.25. The minimum atomic E-state index is 0.531. The fraction of sp³-hybridized carbons (Fsp3) is 0.438. The molecule has 2 heteroatoms. The fourth-order valence-corrected chi connectivity index (χ4v) is 2.06. The molecule has 2 rings (SSSR count). The summed E-state index contributed by atoms with van der Waals surface area (Å²) in [5.74, 6) is 1.49. The number of allylic oxidation sites excluding steroid dienone is 1. The SMILES string of the molecule is CC1=C(COc2cc(C)cc(C(C)C)c2)CC=N1. The maximum Gasteiger partial charge on any atom is 0.120 e. The van der Waals surface area contributed by atoms with Gasteiger partial charge in [0.2, 0.25) is 0 Å². The number of ether oxygens (including phenoxy) is 1. The minimum Gasteiger partial charge on any atom is -0.489 e. The summed E-state index contributed by atoms with van der Waals surface area (Å²) in [7, 11) is 0. The molecule has 1 aliphatic heterocycles. The average Bonchev–Trinajstić information content (AvgIpc) is 2.71. The van der Waals surface area contributed by atoms with E-state index in [-0.39, 0.29) is 0 Å². The van der Waals surface area contributed by atoms with Gasteiger partial charge >= 0.3 is 0 Å². The third-order valence-electron chi connectivity index (χ3n) is 3.29. The Balaban J connectivity index is 2.08. The van der Waals surface area contributed by atoms with E-state index >= 15 is 0 Å². The van der Waals surface area contributed by atoms with Crippen LogP contribution in [0.5, 0.6) is 5.75 Å². The smallest absolute Gasteiger partial charge is 0.120 e. The van der Waals surface area contributed by atoms with Crippen molar-refractivity contribution in [1.29, 1.82) is 0 Å². The third kappa shape index (κ3) is 3.00. The molecule has 96 valence electrons. The van der Waals surface area contributed by atoms with Gasteiger partial charge in [-0.15, -0.1) is 0 Å². The summed E-state index contributed by atoms with van der Waals surface area (Å²) in [5.41, 5.74) is 4.97. The van der Waals surface area contributed by atoms with Crippen LogP contribution in [0.15, 0.2) is 34.5 Å². The van der Waals surface area contributed by atoms with Gasteiger partial charge in [-0.3, -0.25) is 4.99 Å². The van der Waals surface area contributed by atoms with Crippen LogP contribution in [-0.2, 0) is 0 Å². The molecule has 0 radical (unpaired) electrons. The first kappa shape index (κ1) is 12.9. The second-order valence-corrected chi connectivity index (χ2v) is 5.23. The maximum atomic E-state index is 5.89. The summed E-state index contributed by atoms with van der Waals surface area (Å²) in [6.45, 7) is 9.21. The summed E-state index contributed by atoms with van der Waals surface area (Å²) in [6, 6.07) is 6.46. The summed E-state index contributed by atoms with van der Waals surface area (Å²) >= 11 is 0. The van der Waals surface area contributed by atoms with Crippen LogP contribution in [0.1, 0.15) is 44.2 Å². The van der Waals surface area contributed by atoms with Crippen molar-refractivity contribution in [3.05, 3.63) is 40.6 Å². The Morgan fingerprint density at radius 2 is 2.00 bits per heavy atom. The van der Waals surface area contributed by atoms with Crippen LogP contribution in [0.3, 0.4) is 0 Å². The molecule has 18 heavy (non-hydrogen) atoms. The summed E-state index contributed by atoms with van der Waals surface area (Å²) < 4.78 is 5.89. The highest BCUT2D eigenvalue weighted by Crippen LogP contribution is 2.24. The molecule has 0 aliphatic carbocycles. The molecule has 1 aromatic carbocycles. The number of aryl methyl sites for hydroxylation is 1. The lowest BCUT2D eigenvalue weighted by atomic mass is 10.0. The van der Waals surface area contributed by atoms with Gasteiger partial charge in [0.25, 0.3) is 0 Å². The maximum absolute atomic E-state index is 5.89. The van der Waals surface area contributed by atoms with Crippen LogP contribution in [-0.4, -0.2) is 12.8 Å². The molecule has 1 heterocycles. The van der Waals surface area contributed by atoms with Crippen molar-refractivity contribution < 1.29 is 4.74 Å². The highest BCUT2D eigenvalue weighted by molar-refractivity contribution is 5.67. The lowest BCUT2D eigenvalue weighted by Crippen LogP contribution is -2.02. The topological polar surface area (TPSA) is 21.6 Å². The second-order valence-electron chi connectivity index (χ2n) is 5.23. The molecule has 0 spiro atoms. The Morgan fingerprint density at radius 3 is 2.61 bits per heavy atom. The highest BCUT2D eigenvalue weighted by atomic mass is 16.5. The third-order valence-corrected chi connectivity index (χ3v) is 3.29. The van der Waals surface area contributed by atoms with Crippen LogP contribution >= 0.6 is 0 Å². The van der Waals surface area contributed by atoms with E-state index in [4.69, 9.17) is 4.74 Å². The first-order valence-electron chi connectivity index (χ1n) is 6.52. The van der Waals surface area contributed by atoms with Gasteiger partial charge in [-0.25, -0.2) is 0 Å². The molecule has 0 N–H and O–H groups in total. The van der Waals surface area contributed by atoms with Crippen molar-refractivity contribution >= 4 is 6.21 Å². The van der Waals surface area contributed by atoms with Crippen molar-refractivity contribution in [3.8, 4) is 5.75 Å². The zero-order valence-corrected chi connectivity index (χ0v) is 11.7. The zero-order valence-electron chi connectivity index (χ0n) is 11.7. The Labute approximate surface area is 109 Å². The Morgan fingerprint density at radius 1 is 1.22 bits per heavy atom. The number of aliphatic imine (C=N–C) groups is 1. The van der Waals surface area contributed by atoms with E-state index in [2.05, 4.69) is 44.0 Å². The van der Waals surface area contributed by atoms with Crippen molar-refractivity contribution in [1.82, 2.24) is 0 Å². The number of benzene rings is 1. The Bertz CT molecular complexity index is 498. The molecule has 0 saturated carbocycles. The normalized spacial score (nSPS) is 14.7. The molecular weight excluding hydrogens is 222 g/mol. The van der Waals surface area contributed by atoms with Crippen molar-refractivity contribution in [2.24, 2.45) is 4.99 Å². The fourth-order valence-electron chi connectivity index (χ4n) is 2.06. The summed E-state index contributed by atoms with van der Waals surface area (Å²) in [5, 5.41) is 0. The Hall–Kier alpha value is -1.57.